The van der Waals surface area contributed by atoms with Crippen molar-refractivity contribution in [3.05, 3.63) is 65.6 Å². The molecular formula is C26H35NO4. The fraction of sp³-hybridized carbons (Fsp3) is 0.462. The van der Waals surface area contributed by atoms with Gasteiger partial charge in [0.1, 0.15) is 5.76 Å². The maximum absolute atomic E-state index is 9.99. The molecule has 0 saturated heterocycles. The molecule has 0 bridgehead atoms. The van der Waals surface area contributed by atoms with E-state index >= 15 is 0 Å². The van der Waals surface area contributed by atoms with E-state index in [9.17, 15) is 5.11 Å². The molecule has 0 saturated carbocycles. The SMILES string of the molecule is C=C(O)C1=CN2C[C@@H](CCC(C)C)c3cc(OCCCOC)c(OC)cc3C2=CC1=C. The second-order valence-electron chi connectivity index (χ2n) is 8.65. The Labute approximate surface area is 186 Å². The lowest BCUT2D eigenvalue weighted by atomic mass is 9.82. The van der Waals surface area contributed by atoms with Crippen molar-refractivity contribution in [2.45, 2.75) is 39.0 Å². The quantitative estimate of drug-likeness (QED) is 0.379. The Morgan fingerprint density at radius 1 is 1.23 bits per heavy atom. The molecule has 168 valence electrons. The Kier molecular flexibility index (Phi) is 7.50. The van der Waals surface area contributed by atoms with Gasteiger partial charge < -0.3 is 24.2 Å². The Morgan fingerprint density at radius 3 is 2.65 bits per heavy atom. The molecule has 0 spiro atoms. The van der Waals surface area contributed by atoms with E-state index in [2.05, 4.69) is 44.0 Å². The van der Waals surface area contributed by atoms with Gasteiger partial charge in [-0.05, 0) is 41.7 Å². The minimum absolute atomic E-state index is 0.0437. The van der Waals surface area contributed by atoms with Gasteiger partial charge in [0, 0.05) is 55.6 Å². The van der Waals surface area contributed by atoms with Gasteiger partial charge in [0.25, 0.3) is 0 Å². The van der Waals surface area contributed by atoms with Crippen LogP contribution in [0.3, 0.4) is 0 Å². The third-order valence-corrected chi connectivity index (χ3v) is 5.87. The highest BCUT2D eigenvalue weighted by molar-refractivity contribution is 5.78. The zero-order valence-corrected chi connectivity index (χ0v) is 19.2. The number of allylic oxidation sites excluding steroid dienone is 2. The predicted molar refractivity (Wildman–Crippen MR) is 125 cm³/mol. The van der Waals surface area contributed by atoms with Gasteiger partial charge in [-0.25, -0.2) is 0 Å². The van der Waals surface area contributed by atoms with Crippen LogP contribution < -0.4 is 9.47 Å². The molecule has 5 nitrogen and oxygen atoms in total. The maximum atomic E-state index is 9.99. The smallest absolute Gasteiger partial charge is 0.161 e. The predicted octanol–water partition coefficient (Wildman–Crippen LogP) is 5.81. The number of ether oxygens (including phenoxy) is 3. The summed E-state index contributed by atoms with van der Waals surface area (Å²) in [4.78, 5) is 2.21. The van der Waals surface area contributed by atoms with E-state index < -0.39 is 0 Å². The molecule has 2 aliphatic heterocycles. The maximum Gasteiger partial charge on any atom is 0.161 e. The third kappa shape index (κ3) is 5.16. The zero-order chi connectivity index (χ0) is 22.5. The van der Waals surface area contributed by atoms with Gasteiger partial charge in [-0.15, -0.1) is 0 Å². The van der Waals surface area contributed by atoms with Gasteiger partial charge in [0.2, 0.25) is 0 Å². The van der Waals surface area contributed by atoms with E-state index in [1.165, 1.54) is 5.56 Å². The summed E-state index contributed by atoms with van der Waals surface area (Å²) in [7, 11) is 3.37. The monoisotopic (exact) mass is 425 g/mol. The van der Waals surface area contributed by atoms with E-state index in [0.717, 1.165) is 48.4 Å². The number of aliphatic hydroxyl groups excluding tert-OH is 1. The average molecular weight is 426 g/mol. The first kappa shape index (κ1) is 23.0. The number of rotatable bonds is 10. The first-order valence-electron chi connectivity index (χ1n) is 11.0. The largest absolute Gasteiger partial charge is 0.508 e. The summed E-state index contributed by atoms with van der Waals surface area (Å²) >= 11 is 0. The lowest BCUT2D eigenvalue weighted by molar-refractivity contribution is 0.170. The molecular weight excluding hydrogens is 390 g/mol. The minimum Gasteiger partial charge on any atom is -0.508 e. The Morgan fingerprint density at radius 2 is 2.00 bits per heavy atom. The molecule has 3 rings (SSSR count). The van der Waals surface area contributed by atoms with Gasteiger partial charge in [-0.2, -0.15) is 0 Å². The number of nitrogens with zero attached hydrogens (tertiary/aromatic N) is 1. The van der Waals surface area contributed by atoms with Crippen molar-refractivity contribution in [3.8, 4) is 11.5 Å². The molecule has 1 N–H and O–H groups in total. The van der Waals surface area contributed by atoms with Gasteiger partial charge >= 0.3 is 0 Å². The fourth-order valence-corrected chi connectivity index (χ4v) is 4.19. The topological polar surface area (TPSA) is 51.2 Å². The normalized spacial score (nSPS) is 17.6. The van der Waals surface area contributed by atoms with Crippen molar-refractivity contribution >= 4 is 5.70 Å². The van der Waals surface area contributed by atoms with Crippen LogP contribution in [0.25, 0.3) is 5.70 Å². The molecule has 0 fully saturated rings. The van der Waals surface area contributed by atoms with Crippen molar-refractivity contribution in [1.82, 2.24) is 4.90 Å². The number of hydrogen-bond acceptors (Lipinski definition) is 5. The second-order valence-corrected chi connectivity index (χ2v) is 8.65. The van der Waals surface area contributed by atoms with Gasteiger partial charge in [0.05, 0.1) is 13.7 Å². The molecule has 0 aliphatic carbocycles. The van der Waals surface area contributed by atoms with E-state index in [4.69, 9.17) is 14.2 Å². The Hall–Kier alpha value is -2.66. The van der Waals surface area contributed by atoms with E-state index in [0.29, 0.717) is 36.4 Å². The molecule has 0 radical (unpaired) electrons. The molecule has 5 heteroatoms. The van der Waals surface area contributed by atoms with Crippen LogP contribution in [0.4, 0.5) is 0 Å². The van der Waals surface area contributed by atoms with Crippen LogP contribution >= 0.6 is 0 Å². The Bertz CT molecular complexity index is 897. The summed E-state index contributed by atoms with van der Waals surface area (Å²) in [6.07, 6.45) is 7.03. The second kappa shape index (κ2) is 10.1. The summed E-state index contributed by atoms with van der Waals surface area (Å²) in [5.41, 5.74) is 4.90. The van der Waals surface area contributed by atoms with Gasteiger partial charge in [-0.3, -0.25) is 0 Å². The standard InChI is InChI=1S/C26H35NO4/c1-17(2)8-9-20-15-27-16-23(19(4)28)18(3)12-24(27)22-14-25(30-6)26(13-21(20)22)31-11-7-10-29-5/h12-14,16-17,20,28H,3-4,7-11,15H2,1-2,5-6H3/t20-/m1/s1. The number of benzene rings is 1. The lowest BCUT2D eigenvalue weighted by Crippen LogP contribution is -2.31. The van der Waals surface area contributed by atoms with E-state index in [-0.39, 0.29) is 5.76 Å². The van der Waals surface area contributed by atoms with Crippen molar-refractivity contribution in [3.63, 3.8) is 0 Å². The number of methoxy groups -OCH3 is 2. The van der Waals surface area contributed by atoms with Crippen LogP contribution in [0.5, 0.6) is 11.5 Å². The minimum atomic E-state index is 0.0437. The van der Waals surface area contributed by atoms with Crippen LogP contribution in [0.1, 0.15) is 50.2 Å². The van der Waals surface area contributed by atoms with Crippen molar-refractivity contribution < 1.29 is 19.3 Å². The first-order chi connectivity index (χ1) is 14.8. The van der Waals surface area contributed by atoms with Gasteiger partial charge in [-0.1, -0.05) is 33.4 Å². The van der Waals surface area contributed by atoms with Gasteiger partial charge in [0.15, 0.2) is 11.5 Å². The Balaban J connectivity index is 2.01. The molecule has 1 aromatic carbocycles. The third-order valence-electron chi connectivity index (χ3n) is 5.87. The molecule has 31 heavy (non-hydrogen) atoms. The summed E-state index contributed by atoms with van der Waals surface area (Å²) in [5, 5.41) is 9.99. The van der Waals surface area contributed by atoms with Crippen molar-refractivity contribution in [2.75, 3.05) is 34.0 Å². The highest BCUT2D eigenvalue weighted by atomic mass is 16.5. The molecule has 2 aliphatic rings. The summed E-state index contributed by atoms with van der Waals surface area (Å²) in [6, 6.07) is 4.22. The molecule has 0 unspecified atom stereocenters. The summed E-state index contributed by atoms with van der Waals surface area (Å²) in [6.45, 7) is 14.4. The highest BCUT2D eigenvalue weighted by Crippen LogP contribution is 2.46. The number of aliphatic hydroxyl groups is 1. The molecule has 1 atom stereocenters. The van der Waals surface area contributed by atoms with E-state index in [1.54, 1.807) is 14.2 Å². The number of fused-ring (bicyclic) bond motifs is 3. The van der Waals surface area contributed by atoms with Crippen LogP contribution in [-0.4, -0.2) is 44.0 Å². The van der Waals surface area contributed by atoms with Crippen molar-refractivity contribution in [2.24, 2.45) is 5.92 Å². The molecule has 1 aromatic rings. The van der Waals surface area contributed by atoms with Crippen LogP contribution in [0.15, 0.2) is 54.5 Å². The fourth-order valence-electron chi connectivity index (χ4n) is 4.19. The van der Waals surface area contributed by atoms with Crippen molar-refractivity contribution in [1.29, 1.82) is 0 Å². The molecule has 2 heterocycles. The van der Waals surface area contributed by atoms with Crippen LogP contribution in [0, 0.1) is 5.92 Å². The number of hydrogen-bond donors (Lipinski definition) is 1. The molecule has 0 aromatic heterocycles. The average Bonchev–Trinajstić information content (AvgIpc) is 2.74. The van der Waals surface area contributed by atoms with E-state index in [1.807, 2.05) is 12.3 Å². The van der Waals surface area contributed by atoms with Crippen LogP contribution in [-0.2, 0) is 4.74 Å². The van der Waals surface area contributed by atoms with Crippen LogP contribution in [0.2, 0.25) is 0 Å². The summed E-state index contributed by atoms with van der Waals surface area (Å²) < 4.78 is 16.9. The zero-order valence-electron chi connectivity index (χ0n) is 19.2. The molecule has 0 amide bonds. The summed E-state index contributed by atoms with van der Waals surface area (Å²) in [5.74, 6) is 2.51. The highest BCUT2D eigenvalue weighted by Gasteiger charge is 2.32. The first-order valence-corrected chi connectivity index (χ1v) is 11.0. The lowest BCUT2D eigenvalue weighted by Gasteiger charge is -2.39.